The minimum absolute atomic E-state index is 0.122. The number of ketones is 1. The third kappa shape index (κ3) is 4.75. The second-order valence-corrected chi connectivity index (χ2v) is 8.54. The molecule has 1 N–H and O–H groups in total. The van der Waals surface area contributed by atoms with Crippen LogP contribution in [0.5, 0.6) is 0 Å². The molecule has 0 spiro atoms. The average molecular weight is 518 g/mol. The van der Waals surface area contributed by atoms with E-state index in [1.54, 1.807) is 29.2 Å². The molecule has 0 bridgehead atoms. The first-order chi connectivity index (χ1) is 14.5. The molecule has 1 fully saturated rings. The van der Waals surface area contributed by atoms with Crippen LogP contribution in [0.25, 0.3) is 5.76 Å². The van der Waals surface area contributed by atoms with E-state index in [-0.39, 0.29) is 11.3 Å². The summed E-state index contributed by atoms with van der Waals surface area (Å²) in [5, 5.41) is 11.0. The summed E-state index contributed by atoms with van der Waals surface area (Å²) in [6, 6.07) is 16.1. The van der Waals surface area contributed by atoms with E-state index in [4.69, 9.17) is 0 Å². The standard InChI is InChI=1S/C24H27IN2O3/c1-3-26(4-2)15-8-16-27-21(17-11-13-19(25)14-12-17)20(23(29)24(27)30)22(28)18-9-6-5-7-10-18/h5-7,9-14,21,28H,3-4,8,15-16H2,1-2H3. The van der Waals surface area contributed by atoms with Crippen LogP contribution >= 0.6 is 22.6 Å². The molecule has 1 amide bonds. The molecule has 6 heteroatoms. The highest BCUT2D eigenvalue weighted by Crippen LogP contribution is 2.39. The number of nitrogens with zero attached hydrogens (tertiary/aromatic N) is 2. The van der Waals surface area contributed by atoms with Crippen molar-refractivity contribution in [3.8, 4) is 0 Å². The van der Waals surface area contributed by atoms with Crippen LogP contribution in [0.15, 0.2) is 60.2 Å². The molecule has 0 saturated carbocycles. The molecule has 1 aliphatic heterocycles. The predicted octanol–water partition coefficient (Wildman–Crippen LogP) is 4.44. The molecule has 1 atom stereocenters. The van der Waals surface area contributed by atoms with E-state index in [0.717, 1.165) is 35.2 Å². The Bertz CT molecular complexity index is 921. The monoisotopic (exact) mass is 518 g/mol. The van der Waals surface area contributed by atoms with Gasteiger partial charge in [-0.2, -0.15) is 0 Å². The second-order valence-electron chi connectivity index (χ2n) is 7.29. The number of Topliss-reactive ketones (excluding diaryl/α,β-unsaturated/α-hetero) is 1. The summed E-state index contributed by atoms with van der Waals surface area (Å²) in [5.41, 5.74) is 1.53. The van der Waals surface area contributed by atoms with E-state index in [1.165, 1.54) is 0 Å². The molecule has 0 radical (unpaired) electrons. The van der Waals surface area contributed by atoms with Crippen LogP contribution in [-0.4, -0.2) is 52.8 Å². The maximum absolute atomic E-state index is 13.0. The fourth-order valence-corrected chi connectivity index (χ4v) is 4.22. The lowest BCUT2D eigenvalue weighted by molar-refractivity contribution is -0.140. The molecular formula is C24H27IN2O3. The molecule has 1 heterocycles. The summed E-state index contributed by atoms with van der Waals surface area (Å²) in [7, 11) is 0. The summed E-state index contributed by atoms with van der Waals surface area (Å²) in [6.45, 7) is 7.44. The lowest BCUT2D eigenvalue weighted by Gasteiger charge is -2.26. The first kappa shape index (κ1) is 22.5. The van der Waals surface area contributed by atoms with Gasteiger partial charge in [-0.1, -0.05) is 56.3 Å². The number of aliphatic hydroxyl groups excluding tert-OH is 1. The molecule has 3 rings (SSSR count). The predicted molar refractivity (Wildman–Crippen MR) is 127 cm³/mol. The van der Waals surface area contributed by atoms with Crippen molar-refractivity contribution in [3.05, 3.63) is 74.9 Å². The van der Waals surface area contributed by atoms with Crippen molar-refractivity contribution in [2.45, 2.75) is 26.3 Å². The number of likely N-dealkylation sites (tertiary alicyclic amines) is 1. The Kier molecular flexibility index (Phi) is 7.66. The van der Waals surface area contributed by atoms with Crippen LogP contribution in [0, 0.1) is 3.57 Å². The molecule has 0 aliphatic carbocycles. The number of rotatable bonds is 8. The lowest BCUT2D eigenvalue weighted by atomic mass is 9.95. The molecule has 0 aromatic heterocycles. The fraction of sp³-hybridized carbons (Fsp3) is 0.333. The molecule has 5 nitrogen and oxygen atoms in total. The van der Waals surface area contributed by atoms with Crippen molar-refractivity contribution in [2.75, 3.05) is 26.2 Å². The number of hydrogen-bond donors (Lipinski definition) is 1. The highest BCUT2D eigenvalue weighted by atomic mass is 127. The maximum Gasteiger partial charge on any atom is 0.295 e. The Labute approximate surface area is 191 Å². The minimum Gasteiger partial charge on any atom is -0.507 e. The third-order valence-electron chi connectivity index (χ3n) is 5.54. The van der Waals surface area contributed by atoms with E-state index in [1.807, 2.05) is 30.3 Å². The van der Waals surface area contributed by atoms with Gasteiger partial charge < -0.3 is 14.9 Å². The van der Waals surface area contributed by atoms with Gasteiger partial charge in [0.2, 0.25) is 0 Å². The van der Waals surface area contributed by atoms with Crippen molar-refractivity contribution in [2.24, 2.45) is 0 Å². The van der Waals surface area contributed by atoms with Gasteiger partial charge in [0, 0.05) is 15.7 Å². The summed E-state index contributed by atoms with van der Waals surface area (Å²) in [6.07, 6.45) is 0.765. The van der Waals surface area contributed by atoms with Gasteiger partial charge in [-0.05, 0) is 66.3 Å². The number of benzene rings is 2. The van der Waals surface area contributed by atoms with Gasteiger partial charge >= 0.3 is 0 Å². The van der Waals surface area contributed by atoms with Crippen LogP contribution in [0.3, 0.4) is 0 Å². The number of carbonyl (C=O) groups excluding carboxylic acids is 2. The van der Waals surface area contributed by atoms with Crippen molar-refractivity contribution < 1.29 is 14.7 Å². The summed E-state index contributed by atoms with van der Waals surface area (Å²) >= 11 is 2.22. The van der Waals surface area contributed by atoms with Gasteiger partial charge in [0.05, 0.1) is 11.6 Å². The fourth-order valence-electron chi connectivity index (χ4n) is 3.86. The van der Waals surface area contributed by atoms with Gasteiger partial charge in [0.1, 0.15) is 5.76 Å². The second kappa shape index (κ2) is 10.2. The summed E-state index contributed by atoms with van der Waals surface area (Å²) in [4.78, 5) is 29.8. The highest BCUT2D eigenvalue weighted by Gasteiger charge is 2.45. The molecule has 1 saturated heterocycles. The van der Waals surface area contributed by atoms with Crippen molar-refractivity contribution in [1.82, 2.24) is 9.80 Å². The summed E-state index contributed by atoms with van der Waals surface area (Å²) in [5.74, 6) is -1.29. The normalized spacial score (nSPS) is 18.4. The highest BCUT2D eigenvalue weighted by molar-refractivity contribution is 14.1. The molecule has 1 aliphatic rings. The van der Waals surface area contributed by atoms with Crippen LogP contribution in [0.1, 0.15) is 37.4 Å². The third-order valence-corrected chi connectivity index (χ3v) is 6.26. The van der Waals surface area contributed by atoms with Gasteiger partial charge in [-0.25, -0.2) is 0 Å². The molecule has 2 aromatic rings. The average Bonchev–Trinajstić information content (AvgIpc) is 3.02. The first-order valence-corrected chi connectivity index (χ1v) is 11.4. The Morgan fingerprint density at radius 1 is 1.03 bits per heavy atom. The Morgan fingerprint density at radius 2 is 1.67 bits per heavy atom. The van der Waals surface area contributed by atoms with Crippen LogP contribution < -0.4 is 0 Å². The topological polar surface area (TPSA) is 60.9 Å². The van der Waals surface area contributed by atoms with Crippen molar-refractivity contribution >= 4 is 40.0 Å². The van der Waals surface area contributed by atoms with E-state index in [9.17, 15) is 14.7 Å². The van der Waals surface area contributed by atoms with Gasteiger partial charge in [0.15, 0.2) is 0 Å². The van der Waals surface area contributed by atoms with Crippen LogP contribution in [0.4, 0.5) is 0 Å². The molecule has 30 heavy (non-hydrogen) atoms. The van der Waals surface area contributed by atoms with E-state index in [2.05, 4.69) is 41.3 Å². The largest absolute Gasteiger partial charge is 0.507 e. The molecule has 158 valence electrons. The quantitative estimate of drug-likeness (QED) is 0.243. The van der Waals surface area contributed by atoms with Crippen LogP contribution in [-0.2, 0) is 9.59 Å². The first-order valence-electron chi connectivity index (χ1n) is 10.3. The molecular weight excluding hydrogens is 491 g/mol. The number of carbonyl (C=O) groups is 2. The van der Waals surface area contributed by atoms with Crippen molar-refractivity contribution in [1.29, 1.82) is 0 Å². The number of halogens is 1. The van der Waals surface area contributed by atoms with Crippen LogP contribution in [0.2, 0.25) is 0 Å². The molecule has 2 aromatic carbocycles. The number of amides is 1. The SMILES string of the molecule is CCN(CC)CCCN1C(=O)C(=O)C(=C(O)c2ccccc2)C1c1ccc(I)cc1. The number of aliphatic hydroxyl groups is 1. The van der Waals surface area contributed by atoms with Gasteiger partial charge in [-0.3, -0.25) is 9.59 Å². The van der Waals surface area contributed by atoms with E-state index in [0.29, 0.717) is 12.1 Å². The summed E-state index contributed by atoms with van der Waals surface area (Å²) < 4.78 is 1.07. The zero-order valence-electron chi connectivity index (χ0n) is 17.3. The zero-order chi connectivity index (χ0) is 21.7. The van der Waals surface area contributed by atoms with E-state index >= 15 is 0 Å². The Morgan fingerprint density at radius 3 is 2.27 bits per heavy atom. The van der Waals surface area contributed by atoms with Gasteiger partial charge in [-0.15, -0.1) is 0 Å². The van der Waals surface area contributed by atoms with Gasteiger partial charge in [0.25, 0.3) is 11.7 Å². The zero-order valence-corrected chi connectivity index (χ0v) is 19.5. The lowest BCUT2D eigenvalue weighted by Crippen LogP contribution is -2.33. The van der Waals surface area contributed by atoms with E-state index < -0.39 is 17.7 Å². The van der Waals surface area contributed by atoms with Crippen molar-refractivity contribution in [3.63, 3.8) is 0 Å². The molecule has 1 unspecified atom stereocenters. The maximum atomic E-state index is 13.0. The smallest absolute Gasteiger partial charge is 0.295 e. The Balaban J connectivity index is 2.00. The minimum atomic E-state index is -0.622. The number of hydrogen-bond acceptors (Lipinski definition) is 4. The Hall–Kier alpha value is -2.19.